The molecule has 4 N–H and O–H groups in total. The molecule has 0 atom stereocenters. The van der Waals surface area contributed by atoms with E-state index in [0.29, 0.717) is 17.3 Å². The minimum absolute atomic E-state index is 0.211. The van der Waals surface area contributed by atoms with Gasteiger partial charge < -0.3 is 15.5 Å². The smallest absolute Gasteiger partial charge is 0.262 e. The third-order valence-corrected chi connectivity index (χ3v) is 2.39. The number of carbonyl (C=O) groups is 1. The van der Waals surface area contributed by atoms with Gasteiger partial charge in [-0.15, -0.1) is 0 Å². The Kier molecular flexibility index (Phi) is 4.46. The lowest BCUT2D eigenvalue weighted by atomic mass is 10.3. The maximum absolute atomic E-state index is 12.7. The van der Waals surface area contributed by atoms with Crippen LogP contribution in [0.4, 0.5) is 15.9 Å². The lowest BCUT2D eigenvalue weighted by Crippen LogP contribution is -2.21. The molecule has 0 spiro atoms. The average molecular weight is 276 g/mol. The van der Waals surface area contributed by atoms with Gasteiger partial charge in [0, 0.05) is 11.9 Å². The van der Waals surface area contributed by atoms with Crippen molar-refractivity contribution in [3.8, 4) is 5.75 Å². The number of hydrazine groups is 1. The molecule has 0 fully saturated rings. The van der Waals surface area contributed by atoms with Crippen molar-refractivity contribution in [2.45, 2.75) is 0 Å². The van der Waals surface area contributed by atoms with Gasteiger partial charge in [-0.1, -0.05) is 0 Å². The second-order valence-electron chi connectivity index (χ2n) is 3.84. The number of nitrogens with one attached hydrogen (secondary N) is 2. The molecule has 1 heterocycles. The van der Waals surface area contributed by atoms with Crippen molar-refractivity contribution < 1.29 is 13.9 Å². The van der Waals surface area contributed by atoms with E-state index >= 15 is 0 Å². The van der Waals surface area contributed by atoms with Crippen LogP contribution in [0, 0.1) is 5.82 Å². The topological polar surface area (TPSA) is 89.3 Å². The summed E-state index contributed by atoms with van der Waals surface area (Å²) in [5.74, 6) is 5.23. The third kappa shape index (κ3) is 3.66. The molecule has 104 valence electrons. The molecule has 1 amide bonds. The van der Waals surface area contributed by atoms with Crippen molar-refractivity contribution in [3.05, 3.63) is 48.4 Å². The quantitative estimate of drug-likeness (QED) is 0.569. The maximum Gasteiger partial charge on any atom is 0.262 e. The molecule has 7 heteroatoms. The molecule has 2 aromatic rings. The number of pyridine rings is 1. The van der Waals surface area contributed by atoms with Crippen LogP contribution in [0.25, 0.3) is 0 Å². The number of anilines is 2. The van der Waals surface area contributed by atoms with E-state index in [4.69, 9.17) is 10.6 Å². The normalized spacial score (nSPS) is 9.90. The zero-order chi connectivity index (χ0) is 14.4. The molecule has 0 aliphatic heterocycles. The van der Waals surface area contributed by atoms with Gasteiger partial charge >= 0.3 is 0 Å². The van der Waals surface area contributed by atoms with Crippen LogP contribution < -0.4 is 21.3 Å². The highest BCUT2D eigenvalue weighted by Crippen LogP contribution is 2.19. The molecular formula is C13H13FN4O2. The number of hydrogen-bond donors (Lipinski definition) is 3. The molecule has 0 bridgehead atoms. The number of nitrogens with zero attached hydrogens (tertiary/aromatic N) is 1. The summed E-state index contributed by atoms with van der Waals surface area (Å²) in [7, 11) is 0. The van der Waals surface area contributed by atoms with E-state index in [-0.39, 0.29) is 18.3 Å². The standard InChI is InChI=1S/C13H13FN4O2/c14-9-3-5-10(6-4-9)17-12(19)8-20-11-2-1-7-16-13(11)18-15/h1-7H,8,15H2,(H,16,18)(H,17,19). The lowest BCUT2D eigenvalue weighted by Gasteiger charge is -2.10. The minimum atomic E-state index is -0.372. The maximum atomic E-state index is 12.7. The fraction of sp³-hybridized carbons (Fsp3) is 0.0769. The largest absolute Gasteiger partial charge is 0.480 e. The summed E-state index contributed by atoms with van der Waals surface area (Å²) in [6.45, 7) is -0.211. The summed E-state index contributed by atoms with van der Waals surface area (Å²) in [4.78, 5) is 15.6. The molecule has 0 aliphatic rings. The van der Waals surface area contributed by atoms with Crippen LogP contribution in [-0.4, -0.2) is 17.5 Å². The lowest BCUT2D eigenvalue weighted by molar-refractivity contribution is -0.118. The molecule has 20 heavy (non-hydrogen) atoms. The van der Waals surface area contributed by atoms with Crippen molar-refractivity contribution in [1.29, 1.82) is 0 Å². The molecule has 0 unspecified atom stereocenters. The van der Waals surface area contributed by atoms with E-state index in [2.05, 4.69) is 15.7 Å². The molecular weight excluding hydrogens is 263 g/mol. The average Bonchev–Trinajstić information content (AvgIpc) is 2.48. The number of rotatable bonds is 5. The number of ether oxygens (including phenoxy) is 1. The second-order valence-corrected chi connectivity index (χ2v) is 3.84. The van der Waals surface area contributed by atoms with Crippen LogP contribution in [0.3, 0.4) is 0 Å². The summed E-state index contributed by atoms with van der Waals surface area (Å²) in [5.41, 5.74) is 2.85. The van der Waals surface area contributed by atoms with Crippen LogP contribution >= 0.6 is 0 Å². The Bertz CT molecular complexity index is 589. The van der Waals surface area contributed by atoms with Gasteiger partial charge in [0.1, 0.15) is 5.82 Å². The zero-order valence-corrected chi connectivity index (χ0v) is 10.5. The van der Waals surface area contributed by atoms with Gasteiger partial charge in [0.15, 0.2) is 18.2 Å². The van der Waals surface area contributed by atoms with Crippen molar-refractivity contribution in [1.82, 2.24) is 4.98 Å². The van der Waals surface area contributed by atoms with Gasteiger partial charge in [-0.2, -0.15) is 0 Å². The van der Waals surface area contributed by atoms with E-state index in [1.54, 1.807) is 18.3 Å². The van der Waals surface area contributed by atoms with Gasteiger partial charge in [0.05, 0.1) is 0 Å². The summed E-state index contributed by atoms with van der Waals surface area (Å²) >= 11 is 0. The van der Waals surface area contributed by atoms with E-state index in [0.717, 1.165) is 0 Å². The fourth-order valence-electron chi connectivity index (χ4n) is 1.49. The highest BCUT2D eigenvalue weighted by Gasteiger charge is 2.07. The summed E-state index contributed by atoms with van der Waals surface area (Å²) in [5, 5.41) is 2.57. The number of amides is 1. The zero-order valence-electron chi connectivity index (χ0n) is 10.5. The first-order valence-electron chi connectivity index (χ1n) is 5.79. The van der Waals surface area contributed by atoms with Gasteiger partial charge in [0.2, 0.25) is 0 Å². The SMILES string of the molecule is NNc1ncccc1OCC(=O)Nc1ccc(F)cc1. The number of benzene rings is 1. The first-order chi connectivity index (χ1) is 9.69. The molecule has 1 aromatic heterocycles. The number of nitrogens with two attached hydrogens (primary N) is 1. The van der Waals surface area contributed by atoms with Crippen molar-refractivity contribution >= 4 is 17.4 Å². The van der Waals surface area contributed by atoms with E-state index < -0.39 is 0 Å². The van der Waals surface area contributed by atoms with E-state index in [9.17, 15) is 9.18 Å². The van der Waals surface area contributed by atoms with Crippen LogP contribution in [-0.2, 0) is 4.79 Å². The van der Waals surface area contributed by atoms with Crippen molar-refractivity contribution in [2.24, 2.45) is 5.84 Å². The predicted octanol–water partition coefficient (Wildman–Crippen LogP) is 1.52. The van der Waals surface area contributed by atoms with Gasteiger partial charge in [-0.05, 0) is 36.4 Å². The first kappa shape index (κ1) is 13.8. The van der Waals surface area contributed by atoms with Crippen LogP contribution in [0.5, 0.6) is 5.75 Å². The Balaban J connectivity index is 1.90. The molecule has 2 rings (SSSR count). The van der Waals surface area contributed by atoms with Crippen molar-refractivity contribution in [2.75, 3.05) is 17.3 Å². The third-order valence-electron chi connectivity index (χ3n) is 2.39. The Morgan fingerprint density at radius 1 is 1.30 bits per heavy atom. The number of carbonyl (C=O) groups excluding carboxylic acids is 1. The molecule has 0 radical (unpaired) electrons. The predicted molar refractivity (Wildman–Crippen MR) is 72.6 cm³/mol. The number of halogens is 1. The number of nitrogen functional groups attached to an aromatic ring is 1. The van der Waals surface area contributed by atoms with Crippen LogP contribution in [0.2, 0.25) is 0 Å². The fourth-order valence-corrected chi connectivity index (χ4v) is 1.49. The molecule has 6 nitrogen and oxygen atoms in total. The van der Waals surface area contributed by atoms with E-state index in [1.807, 2.05) is 0 Å². The first-order valence-corrected chi connectivity index (χ1v) is 5.79. The Morgan fingerprint density at radius 2 is 2.05 bits per heavy atom. The highest BCUT2D eigenvalue weighted by atomic mass is 19.1. The van der Waals surface area contributed by atoms with Crippen molar-refractivity contribution in [3.63, 3.8) is 0 Å². The number of hydrogen-bond acceptors (Lipinski definition) is 5. The number of aromatic nitrogens is 1. The monoisotopic (exact) mass is 276 g/mol. The Morgan fingerprint density at radius 3 is 2.75 bits per heavy atom. The van der Waals surface area contributed by atoms with Crippen LogP contribution in [0.1, 0.15) is 0 Å². The summed E-state index contributed by atoms with van der Waals surface area (Å²) < 4.78 is 18.0. The van der Waals surface area contributed by atoms with Crippen LogP contribution in [0.15, 0.2) is 42.6 Å². The molecule has 0 saturated carbocycles. The van der Waals surface area contributed by atoms with Gasteiger partial charge in [-0.25, -0.2) is 15.2 Å². The molecule has 1 aromatic carbocycles. The summed E-state index contributed by atoms with van der Waals surface area (Å²) in [6, 6.07) is 8.73. The molecule has 0 aliphatic carbocycles. The summed E-state index contributed by atoms with van der Waals surface area (Å²) in [6.07, 6.45) is 1.54. The Hall–Kier alpha value is -2.67. The minimum Gasteiger partial charge on any atom is -0.480 e. The highest BCUT2D eigenvalue weighted by molar-refractivity contribution is 5.91. The second kappa shape index (κ2) is 6.48. The van der Waals surface area contributed by atoms with E-state index in [1.165, 1.54) is 24.3 Å². The van der Waals surface area contributed by atoms with Gasteiger partial charge in [-0.3, -0.25) is 4.79 Å². The molecule has 0 saturated heterocycles. The Labute approximate surface area is 114 Å². The van der Waals surface area contributed by atoms with Gasteiger partial charge in [0.25, 0.3) is 5.91 Å².